The lowest BCUT2D eigenvalue weighted by Gasteiger charge is -2.27. The maximum Gasteiger partial charge on any atom is 0.225 e. The molecule has 0 saturated heterocycles. The Bertz CT molecular complexity index is 638. The van der Waals surface area contributed by atoms with Crippen LogP contribution in [0, 0.1) is 0 Å². The minimum absolute atomic E-state index is 0.0535. The monoisotopic (exact) mass is 321 g/mol. The van der Waals surface area contributed by atoms with Crippen molar-refractivity contribution in [3.05, 3.63) is 69.7 Å². The predicted octanol–water partition coefficient (Wildman–Crippen LogP) is 4.59. The second-order valence-electron chi connectivity index (χ2n) is 5.46. The molecule has 0 bridgehead atoms. The summed E-state index contributed by atoms with van der Waals surface area (Å²) in [5.41, 5.74) is 1.48. The molecular weight excluding hydrogens is 305 g/mol. The van der Waals surface area contributed by atoms with Crippen molar-refractivity contribution in [2.24, 2.45) is 0 Å². The number of nitrogens with one attached hydrogen (secondary N) is 1. The molecule has 4 heteroatoms. The van der Waals surface area contributed by atoms with Crippen LogP contribution in [0.15, 0.2) is 48.5 Å². The van der Waals surface area contributed by atoms with Crippen LogP contribution in [0.3, 0.4) is 0 Å². The number of benzene rings is 2. The van der Waals surface area contributed by atoms with E-state index in [9.17, 15) is 4.79 Å². The largest absolute Gasteiger partial charge is 0.347 e. The van der Waals surface area contributed by atoms with Crippen molar-refractivity contribution in [1.29, 1.82) is 0 Å². The number of hydrogen-bond acceptors (Lipinski definition) is 1. The van der Waals surface area contributed by atoms with Crippen LogP contribution in [-0.2, 0) is 16.8 Å². The summed E-state index contributed by atoms with van der Waals surface area (Å²) in [6, 6.07) is 15.1. The summed E-state index contributed by atoms with van der Waals surface area (Å²) in [5.74, 6) is -0.0535. The Labute approximate surface area is 135 Å². The fourth-order valence-electron chi connectivity index (χ4n) is 2.15. The van der Waals surface area contributed by atoms with Crippen molar-refractivity contribution in [3.63, 3.8) is 0 Å². The van der Waals surface area contributed by atoms with Gasteiger partial charge in [0.1, 0.15) is 0 Å². The molecule has 0 unspecified atom stereocenters. The summed E-state index contributed by atoms with van der Waals surface area (Å²) in [5, 5.41) is 3.99. The van der Waals surface area contributed by atoms with E-state index in [1.807, 2.05) is 50.2 Å². The maximum absolute atomic E-state index is 12.2. The van der Waals surface area contributed by atoms with Gasteiger partial charge in [0.05, 0.1) is 22.0 Å². The van der Waals surface area contributed by atoms with E-state index < -0.39 is 5.54 Å². The van der Waals surface area contributed by atoms with E-state index >= 15 is 0 Å². The number of carbonyl (C=O) groups is 1. The Morgan fingerprint density at radius 2 is 1.71 bits per heavy atom. The van der Waals surface area contributed by atoms with E-state index in [-0.39, 0.29) is 12.3 Å². The van der Waals surface area contributed by atoms with Gasteiger partial charge in [0.15, 0.2) is 0 Å². The number of carbonyl (C=O) groups excluding carboxylic acids is 1. The first-order valence-corrected chi connectivity index (χ1v) is 7.44. The highest BCUT2D eigenvalue weighted by molar-refractivity contribution is 6.42. The molecule has 0 aliphatic carbocycles. The number of amides is 1. The molecule has 2 rings (SSSR count). The van der Waals surface area contributed by atoms with Crippen LogP contribution >= 0.6 is 23.2 Å². The molecule has 2 nitrogen and oxygen atoms in total. The summed E-state index contributed by atoms with van der Waals surface area (Å²) in [6.07, 6.45) is 0.271. The zero-order chi connectivity index (χ0) is 15.5. The highest BCUT2D eigenvalue weighted by Crippen LogP contribution is 2.23. The van der Waals surface area contributed by atoms with E-state index in [0.717, 1.165) is 11.1 Å². The Morgan fingerprint density at radius 1 is 1.05 bits per heavy atom. The van der Waals surface area contributed by atoms with Crippen LogP contribution in [0.25, 0.3) is 0 Å². The van der Waals surface area contributed by atoms with E-state index in [1.165, 1.54) is 0 Å². The average molecular weight is 322 g/mol. The molecule has 2 aromatic rings. The normalized spacial score (nSPS) is 11.2. The Hall–Kier alpha value is -1.51. The van der Waals surface area contributed by atoms with Crippen LogP contribution in [0.5, 0.6) is 0 Å². The van der Waals surface area contributed by atoms with E-state index in [4.69, 9.17) is 23.2 Å². The molecule has 0 radical (unpaired) electrons. The lowest BCUT2D eigenvalue weighted by atomic mass is 9.94. The molecule has 0 spiro atoms. The lowest BCUT2D eigenvalue weighted by molar-refractivity contribution is -0.122. The number of rotatable bonds is 4. The van der Waals surface area contributed by atoms with E-state index in [1.54, 1.807) is 12.1 Å². The quantitative estimate of drug-likeness (QED) is 0.876. The lowest BCUT2D eigenvalue weighted by Crippen LogP contribution is -2.41. The Balaban J connectivity index is 2.06. The molecule has 0 atom stereocenters. The summed E-state index contributed by atoms with van der Waals surface area (Å²) < 4.78 is 0. The second kappa shape index (κ2) is 6.50. The fraction of sp³-hybridized carbons (Fsp3) is 0.235. The third-order valence-corrected chi connectivity index (χ3v) is 4.04. The van der Waals surface area contributed by atoms with Gasteiger partial charge in [-0.25, -0.2) is 0 Å². The van der Waals surface area contributed by atoms with Gasteiger partial charge < -0.3 is 5.32 Å². The zero-order valence-corrected chi connectivity index (χ0v) is 13.5. The van der Waals surface area contributed by atoms with Gasteiger partial charge >= 0.3 is 0 Å². The molecule has 0 heterocycles. The molecule has 1 amide bonds. The number of halogens is 2. The van der Waals surface area contributed by atoms with Gasteiger partial charge in [-0.1, -0.05) is 59.6 Å². The van der Waals surface area contributed by atoms with Gasteiger partial charge in [0.2, 0.25) is 5.91 Å². The molecule has 0 aliphatic heterocycles. The van der Waals surface area contributed by atoms with Gasteiger partial charge in [-0.2, -0.15) is 0 Å². The smallest absolute Gasteiger partial charge is 0.225 e. The maximum atomic E-state index is 12.2. The predicted molar refractivity (Wildman–Crippen MR) is 87.8 cm³/mol. The minimum atomic E-state index is -0.422. The third-order valence-electron chi connectivity index (χ3n) is 3.30. The first kappa shape index (κ1) is 15.9. The summed E-state index contributed by atoms with van der Waals surface area (Å²) in [4.78, 5) is 12.2. The van der Waals surface area contributed by atoms with Crippen molar-refractivity contribution in [1.82, 2.24) is 5.32 Å². The standard InChI is InChI=1S/C17H17Cl2NO/c1-17(2,13-6-4-3-5-7-13)20-16(21)11-12-8-9-14(18)15(19)10-12/h3-10H,11H2,1-2H3,(H,20,21). The summed E-state index contributed by atoms with van der Waals surface area (Å²) in [6.45, 7) is 3.96. The van der Waals surface area contributed by atoms with E-state index in [2.05, 4.69) is 5.32 Å². The molecule has 2 aromatic carbocycles. The van der Waals surface area contributed by atoms with Gasteiger partial charge in [-0.05, 0) is 37.1 Å². The molecule has 0 fully saturated rings. The molecule has 21 heavy (non-hydrogen) atoms. The highest BCUT2D eigenvalue weighted by atomic mass is 35.5. The third kappa shape index (κ3) is 4.23. The highest BCUT2D eigenvalue weighted by Gasteiger charge is 2.22. The minimum Gasteiger partial charge on any atom is -0.347 e. The van der Waals surface area contributed by atoms with Crippen LogP contribution in [0.1, 0.15) is 25.0 Å². The molecule has 1 N–H and O–H groups in total. The topological polar surface area (TPSA) is 29.1 Å². The second-order valence-corrected chi connectivity index (χ2v) is 6.28. The zero-order valence-electron chi connectivity index (χ0n) is 12.0. The Kier molecular flexibility index (Phi) is 4.92. The van der Waals surface area contributed by atoms with Crippen LogP contribution in [0.4, 0.5) is 0 Å². The van der Waals surface area contributed by atoms with Gasteiger partial charge in [0.25, 0.3) is 0 Å². The molecule has 0 aliphatic rings. The molecule has 110 valence electrons. The van der Waals surface area contributed by atoms with Crippen LogP contribution in [-0.4, -0.2) is 5.91 Å². The Morgan fingerprint density at radius 3 is 2.33 bits per heavy atom. The van der Waals surface area contributed by atoms with Crippen molar-refractivity contribution in [2.45, 2.75) is 25.8 Å². The summed E-state index contributed by atoms with van der Waals surface area (Å²) in [7, 11) is 0. The average Bonchev–Trinajstić information content (AvgIpc) is 2.43. The first-order chi connectivity index (χ1) is 9.88. The first-order valence-electron chi connectivity index (χ1n) is 6.69. The van der Waals surface area contributed by atoms with Crippen LogP contribution in [0.2, 0.25) is 10.0 Å². The van der Waals surface area contributed by atoms with Crippen molar-refractivity contribution in [3.8, 4) is 0 Å². The van der Waals surface area contributed by atoms with Crippen molar-refractivity contribution >= 4 is 29.1 Å². The van der Waals surface area contributed by atoms with Crippen molar-refractivity contribution < 1.29 is 4.79 Å². The van der Waals surface area contributed by atoms with Crippen molar-refractivity contribution in [2.75, 3.05) is 0 Å². The summed E-state index contributed by atoms with van der Waals surface area (Å²) >= 11 is 11.8. The molecule has 0 saturated carbocycles. The van der Waals surface area contributed by atoms with E-state index in [0.29, 0.717) is 10.0 Å². The fourth-order valence-corrected chi connectivity index (χ4v) is 2.48. The van der Waals surface area contributed by atoms with Gasteiger partial charge in [0, 0.05) is 0 Å². The molecular formula is C17H17Cl2NO. The van der Waals surface area contributed by atoms with Gasteiger partial charge in [-0.15, -0.1) is 0 Å². The number of hydrogen-bond donors (Lipinski definition) is 1. The SMILES string of the molecule is CC(C)(NC(=O)Cc1ccc(Cl)c(Cl)c1)c1ccccc1. The van der Waals surface area contributed by atoms with Gasteiger partial charge in [-0.3, -0.25) is 4.79 Å². The van der Waals surface area contributed by atoms with Crippen LogP contribution < -0.4 is 5.32 Å². The molecule has 0 aromatic heterocycles.